The molecule has 55 nitrogen and oxygen atoms in total. The van der Waals surface area contributed by atoms with E-state index in [1.807, 2.05) is 0 Å². The molecule has 6 aliphatic rings. The van der Waals surface area contributed by atoms with Crippen LogP contribution >= 0.6 is 78.9 Å². The Hall–Kier alpha value is -6.22. The molecule has 139 heavy (non-hydrogen) atoms. The van der Waals surface area contributed by atoms with Crippen molar-refractivity contribution >= 4 is 130 Å². The molecule has 0 bridgehead atoms. The molecule has 0 aromatic carbocycles. The fourth-order valence-corrected chi connectivity index (χ4v) is 24.7. The fraction of sp³-hybridized carbons (Fsp3) is 0.625. The van der Waals surface area contributed by atoms with E-state index in [4.69, 9.17) is 127 Å². The highest BCUT2D eigenvalue weighted by Gasteiger charge is 2.52. The first-order chi connectivity index (χ1) is 65.2. The molecule has 0 amide bonds. The summed E-state index contributed by atoms with van der Waals surface area (Å²) >= 11 is 18.8. The van der Waals surface area contributed by atoms with E-state index in [1.54, 1.807) is 0 Å². The van der Waals surface area contributed by atoms with Gasteiger partial charge in [0.2, 0.25) is 0 Å². The Morgan fingerprint density at radius 3 is 0.763 bits per heavy atom. The van der Waals surface area contributed by atoms with Gasteiger partial charge in [0.1, 0.15) is 92.3 Å². The molecule has 24 atom stereocenters. The summed E-state index contributed by atoms with van der Waals surface area (Å²) in [6.45, 7) is -9.64. The third-order valence-electron chi connectivity index (χ3n) is 21.5. The smallest absolute Gasteiger partial charge is 0.394 e. The number of hydrogen-bond donors (Lipinski definition) is 11. The van der Waals surface area contributed by atoms with Crippen molar-refractivity contribution in [1.29, 1.82) is 0 Å². The molecular formula is C72H98N12O43P6S6. The van der Waals surface area contributed by atoms with E-state index in [-0.39, 0.29) is 62.2 Å². The highest BCUT2D eigenvalue weighted by Crippen LogP contribution is 2.59. The van der Waals surface area contributed by atoms with Crippen molar-refractivity contribution in [2.75, 3.05) is 76.7 Å². The minimum absolute atomic E-state index is 0.00730. The maximum absolute atomic E-state index is 15.7. The molecule has 6 saturated heterocycles. The number of rotatable bonds is 46. The number of phosphoric acid groups is 3. The van der Waals surface area contributed by atoms with Crippen LogP contribution in [0.4, 0.5) is 0 Å². The third-order valence-corrected chi connectivity index (χ3v) is 32.6. The second-order valence-corrected chi connectivity index (χ2v) is 48.7. The normalized spacial score (nSPS) is 27.5. The van der Waals surface area contributed by atoms with E-state index < -0.39 is 324 Å². The molecule has 12 rings (SSSR count). The highest BCUT2D eigenvalue weighted by molar-refractivity contribution is 8.14. The Morgan fingerprint density at radius 1 is 0.331 bits per heavy atom. The molecule has 6 fully saturated rings. The van der Waals surface area contributed by atoms with Crippen LogP contribution < -0.4 is 67.5 Å². The minimum Gasteiger partial charge on any atom is -0.394 e. The van der Waals surface area contributed by atoms with Gasteiger partial charge in [0.05, 0.1) is 77.8 Å². The van der Waals surface area contributed by atoms with Crippen molar-refractivity contribution in [3.63, 3.8) is 0 Å². The first-order valence-electron chi connectivity index (χ1n) is 41.9. The Labute approximate surface area is 810 Å². The predicted octanol–water partition coefficient (Wildman–Crippen LogP) is 1.11. The van der Waals surface area contributed by atoms with Gasteiger partial charge < -0.3 is 80.2 Å². The first kappa shape index (κ1) is 112. The van der Waals surface area contributed by atoms with Crippen molar-refractivity contribution < 1.29 is 145 Å². The number of hydrogen-bond acceptors (Lipinski definition) is 45. The van der Waals surface area contributed by atoms with Crippen LogP contribution in [0.2, 0.25) is 0 Å². The molecule has 6 aromatic rings. The van der Waals surface area contributed by atoms with E-state index >= 15 is 9.13 Å². The Morgan fingerprint density at radius 2 is 0.532 bits per heavy atom. The zero-order valence-corrected chi connectivity index (χ0v) is 84.9. The Bertz CT molecular complexity index is 6640. The van der Waals surface area contributed by atoms with Crippen molar-refractivity contribution in [2.45, 2.75) is 211 Å². The zero-order chi connectivity index (χ0) is 101. The van der Waals surface area contributed by atoms with Gasteiger partial charge in [0, 0.05) is 147 Å². The van der Waals surface area contributed by atoms with Crippen molar-refractivity contribution in [3.05, 3.63) is 196 Å². The highest BCUT2D eigenvalue weighted by atomic mass is 32.5. The van der Waals surface area contributed by atoms with Gasteiger partial charge in [-0.05, 0) is 77.0 Å². The summed E-state index contributed by atoms with van der Waals surface area (Å²) < 4.78 is 170. The predicted molar refractivity (Wildman–Crippen MR) is 495 cm³/mol. The topological polar surface area (TPSA) is 717 Å². The number of thioether (sulfide) groups is 3. The van der Waals surface area contributed by atoms with Crippen LogP contribution in [-0.2, 0) is 155 Å². The maximum atomic E-state index is 15.7. The lowest BCUT2D eigenvalue weighted by atomic mass is 10.2. The molecule has 12 heterocycles. The maximum Gasteiger partial charge on any atom is 0.475 e. The number of aliphatic hydroxyl groups is 1. The number of aromatic nitrogens is 12. The molecule has 770 valence electrons. The summed E-state index contributed by atoms with van der Waals surface area (Å²) in [5, 5.41) is 9.16. The molecule has 6 aliphatic heterocycles. The van der Waals surface area contributed by atoms with Crippen molar-refractivity contribution in [3.8, 4) is 0 Å². The van der Waals surface area contributed by atoms with Gasteiger partial charge in [-0.1, -0.05) is 35.3 Å². The molecule has 0 spiro atoms. The average molecular weight is 2200 g/mol. The summed E-state index contributed by atoms with van der Waals surface area (Å²) in [5.74, 6) is -0.523. The van der Waals surface area contributed by atoms with E-state index in [2.05, 4.69) is 29.9 Å². The standard InChI is InChI=1S/C72H98N12O43P6S6/c1-34-22-79(67(95)73-61(34)89)55-16-43(49(28-85)116-55)125-131(105,134)114-32-53-45(18-57(120-53)81-24-36(3)63(91)75-69(81)97)123-129(103,109-11-14-138-41(8)87)112-30-51-48(21-60(118-51)84-27-39(6)66(94)78-72(84)100)127-133(107,136)115-33-54-46(19-58(121-54)82-25-37(4)64(92)76-70(82)98)124-130(104,110-12-15-139-42(9)88)111-29-50-47(20-59(117-50)83-26-38(5)65(93)77-71(83)99)126-132(106,135)113-31-52-44(122-128(101,102)108-10-13-137-40(7)86)17-56(119-52)80-23-35(2)62(90)74-68(80)96/h22-27,43-60,85H,10-21,28-33H2,1-9H3,(H,101,102)(H,105,134)(H,106,135)(H,107,136)(H,73,89,95)(H,74,90,96)(H,75,91,97)(H,76,92,98)(H,77,93,99)(H,78,94,100)/t43-,44-,45-,46-,47-,48-,49+,50+,51+,52+,53+,54+,55+,56+,57+,58+,59+,60+,129?,130?,131?,132?,133?/m0/s1. The summed E-state index contributed by atoms with van der Waals surface area (Å²) in [6, 6.07) is 0. The fourth-order valence-electron chi connectivity index (χ4n) is 14.8. The number of nitrogens with one attached hydrogen (secondary N) is 6. The van der Waals surface area contributed by atoms with Crippen LogP contribution in [0.25, 0.3) is 0 Å². The second-order valence-electron chi connectivity index (χ2n) is 31.9. The number of aryl methyl sites for hydroxylation is 6. The molecule has 6 aromatic heterocycles. The molecule has 0 aliphatic carbocycles. The van der Waals surface area contributed by atoms with Gasteiger partial charge in [-0.3, -0.25) is 137 Å². The monoisotopic (exact) mass is 2200 g/mol. The van der Waals surface area contributed by atoms with E-state index in [0.29, 0.717) is 23.5 Å². The van der Waals surface area contributed by atoms with Gasteiger partial charge in [0.15, 0.2) is 15.3 Å². The van der Waals surface area contributed by atoms with E-state index in [9.17, 15) is 101 Å². The minimum atomic E-state index is -5.36. The number of carbonyl (C=O) groups excluding carboxylic acids is 3. The largest absolute Gasteiger partial charge is 0.475 e. The number of ether oxygens (including phenoxy) is 6. The Balaban J connectivity index is 0.804. The lowest BCUT2D eigenvalue weighted by Gasteiger charge is -2.29. The lowest BCUT2D eigenvalue weighted by molar-refractivity contribution is -0.109. The van der Waals surface area contributed by atoms with Crippen LogP contribution in [0.5, 0.6) is 0 Å². The molecule has 0 radical (unpaired) electrons. The molecule has 11 N–H and O–H groups in total. The van der Waals surface area contributed by atoms with Gasteiger partial charge in [-0.2, -0.15) is 0 Å². The molecule has 6 unspecified atom stereocenters. The van der Waals surface area contributed by atoms with Gasteiger partial charge in [-0.25, -0.2) is 42.5 Å². The molecule has 0 saturated carbocycles. The van der Waals surface area contributed by atoms with Crippen molar-refractivity contribution in [1.82, 2.24) is 57.3 Å². The Kier molecular flexibility index (Phi) is 38.1. The number of carbonyl (C=O) groups is 3. The summed E-state index contributed by atoms with van der Waals surface area (Å²) in [6.07, 6.45) is -23.5. The van der Waals surface area contributed by atoms with Crippen LogP contribution in [0, 0.1) is 41.5 Å². The van der Waals surface area contributed by atoms with Crippen LogP contribution in [0.1, 0.15) is 130 Å². The van der Waals surface area contributed by atoms with Crippen LogP contribution in [-0.4, -0.2) is 247 Å². The van der Waals surface area contributed by atoms with Crippen LogP contribution in [0.15, 0.2) is 94.7 Å². The zero-order valence-electron chi connectivity index (χ0n) is 74.6. The molecule has 67 heteroatoms. The number of aromatic amines is 6. The van der Waals surface area contributed by atoms with E-state index in [1.165, 1.54) is 68.5 Å². The lowest BCUT2D eigenvalue weighted by Crippen LogP contribution is -2.34. The number of phosphoric ester groups is 3. The quantitative estimate of drug-likeness (QED) is 0.0188. The number of aliphatic hydroxyl groups excluding tert-OH is 1. The summed E-state index contributed by atoms with van der Waals surface area (Å²) in [4.78, 5) is 252. The van der Waals surface area contributed by atoms with Crippen LogP contribution in [0.3, 0.4) is 0 Å². The van der Waals surface area contributed by atoms with Gasteiger partial charge in [0.25, 0.3) is 33.4 Å². The van der Waals surface area contributed by atoms with Crippen molar-refractivity contribution in [2.24, 2.45) is 0 Å². The second kappa shape index (κ2) is 47.5. The summed E-state index contributed by atoms with van der Waals surface area (Å²) in [5.41, 5.74) is -10.6. The third kappa shape index (κ3) is 30.0. The first-order valence-corrected chi connectivity index (χ1v) is 57.0. The summed E-state index contributed by atoms with van der Waals surface area (Å²) in [7, 11) is -15.7. The van der Waals surface area contributed by atoms with E-state index in [0.717, 1.165) is 70.1 Å². The SMILES string of the molecule is CC(=O)SCCOP(=O)(O)O[C@H]1C[C@H](n2cc(C)c(=O)[nH]c2=O)O[C@@H]1COP(O)(=S)O[C@H]1C[C@H](n2cc(C)c(=O)[nH]c2=O)O[C@@H]1COP(=O)(OCCSC(C)=O)O[C@H]1C[C@H](n2cc(C)c(=O)[nH]c2=O)O[C@@H]1COP(O)(=S)O[C@H]1C[C@H](n2cc(C)c(=O)[nH]c2=O)O[C@@H]1COP(=O)(OCCSC(C)=O)O[C@H]1C[C@H](n2cc(C)c(=O)[nH]c2=O)O[C@@H]1COP(O)(=S)O[C@H]1C[C@H](n2cc(C)c(=O)[nH]c2=O)O[C@@H]1CO. The average Bonchev–Trinajstić information content (AvgIpc) is 1.66. The number of nitrogens with zero attached hydrogens (tertiary/aromatic N) is 6. The van der Waals surface area contributed by atoms with Gasteiger partial charge in [-0.15, -0.1) is 0 Å². The van der Waals surface area contributed by atoms with Gasteiger partial charge >= 0.3 is 77.8 Å². The number of H-pyrrole nitrogens is 6. The molecular weight excluding hydrogens is 2100 g/mol.